The highest BCUT2D eigenvalue weighted by molar-refractivity contribution is 5.23. The van der Waals surface area contributed by atoms with Crippen LogP contribution in [0.15, 0.2) is 23.9 Å². The second-order valence-corrected chi connectivity index (χ2v) is 3.18. The molecule has 1 saturated heterocycles. The van der Waals surface area contributed by atoms with Gasteiger partial charge in [0.15, 0.2) is 0 Å². The molecule has 2 N–H and O–H groups in total. The first kappa shape index (κ1) is 6.92. The van der Waals surface area contributed by atoms with Crippen LogP contribution in [-0.4, -0.2) is 6.04 Å². The Morgan fingerprint density at radius 3 is 3.36 bits per heavy atom. The number of hydrogen-bond acceptors (Lipinski definition) is 2. The largest absolute Gasteiger partial charge is 0.325 e. The van der Waals surface area contributed by atoms with Crippen molar-refractivity contribution in [2.75, 3.05) is 0 Å². The molecule has 1 aliphatic heterocycles. The van der Waals surface area contributed by atoms with Crippen LogP contribution in [0.25, 0.3) is 0 Å². The number of nitrogens with one attached hydrogen (secondary N) is 2. The number of hydrazine groups is 1. The maximum atomic E-state index is 3.29. The summed E-state index contributed by atoms with van der Waals surface area (Å²) in [5.41, 5.74) is 7.87. The SMILES string of the molecule is CCC1NNC2=CC=CCC21. The van der Waals surface area contributed by atoms with E-state index in [0.29, 0.717) is 12.0 Å². The molecule has 0 aromatic carbocycles. The lowest BCUT2D eigenvalue weighted by Gasteiger charge is -2.16. The maximum absolute atomic E-state index is 3.29. The van der Waals surface area contributed by atoms with Crippen molar-refractivity contribution in [1.82, 2.24) is 10.9 Å². The number of hydrogen-bond donors (Lipinski definition) is 2. The highest BCUT2D eigenvalue weighted by Crippen LogP contribution is 2.26. The molecular weight excluding hydrogens is 136 g/mol. The summed E-state index contributed by atoms with van der Waals surface area (Å²) in [5, 5.41) is 0. The normalized spacial score (nSPS) is 34.5. The van der Waals surface area contributed by atoms with Gasteiger partial charge in [-0.25, -0.2) is 5.43 Å². The van der Waals surface area contributed by atoms with E-state index >= 15 is 0 Å². The van der Waals surface area contributed by atoms with Crippen molar-refractivity contribution in [1.29, 1.82) is 0 Å². The monoisotopic (exact) mass is 150 g/mol. The van der Waals surface area contributed by atoms with Gasteiger partial charge in [-0.05, 0) is 18.9 Å². The lowest BCUT2D eigenvalue weighted by atomic mass is 9.90. The first-order valence-electron chi connectivity index (χ1n) is 4.30. The molecule has 60 valence electrons. The molecule has 0 amide bonds. The van der Waals surface area contributed by atoms with Crippen molar-refractivity contribution in [2.45, 2.75) is 25.8 Å². The lowest BCUT2D eigenvalue weighted by molar-refractivity contribution is 0.455. The van der Waals surface area contributed by atoms with Gasteiger partial charge in [0, 0.05) is 17.7 Å². The molecule has 2 aliphatic rings. The van der Waals surface area contributed by atoms with Crippen LogP contribution >= 0.6 is 0 Å². The van der Waals surface area contributed by atoms with Crippen LogP contribution in [0.5, 0.6) is 0 Å². The van der Waals surface area contributed by atoms with E-state index in [1.807, 2.05) is 0 Å². The van der Waals surface area contributed by atoms with Crippen molar-refractivity contribution in [3.05, 3.63) is 23.9 Å². The van der Waals surface area contributed by atoms with E-state index in [1.54, 1.807) is 0 Å². The van der Waals surface area contributed by atoms with Gasteiger partial charge in [-0.1, -0.05) is 19.1 Å². The molecular formula is C9H14N2. The average Bonchev–Trinajstić information content (AvgIpc) is 2.47. The summed E-state index contributed by atoms with van der Waals surface area (Å²) in [7, 11) is 0. The molecule has 0 bridgehead atoms. The predicted octanol–water partition coefficient (Wildman–Crippen LogP) is 1.33. The summed E-state index contributed by atoms with van der Waals surface area (Å²) in [6.45, 7) is 2.22. The molecule has 2 heteroatoms. The fourth-order valence-corrected chi connectivity index (χ4v) is 1.83. The van der Waals surface area contributed by atoms with Gasteiger partial charge in [-0.2, -0.15) is 0 Å². The van der Waals surface area contributed by atoms with Crippen LogP contribution in [0.1, 0.15) is 19.8 Å². The third-order valence-corrected chi connectivity index (χ3v) is 2.53. The Morgan fingerprint density at radius 2 is 2.55 bits per heavy atom. The fraction of sp³-hybridized carbons (Fsp3) is 0.556. The molecule has 0 aromatic heterocycles. The van der Waals surface area contributed by atoms with E-state index in [9.17, 15) is 0 Å². The zero-order chi connectivity index (χ0) is 7.68. The predicted molar refractivity (Wildman–Crippen MR) is 45.7 cm³/mol. The molecule has 2 atom stereocenters. The molecule has 0 spiro atoms. The van der Waals surface area contributed by atoms with Crippen molar-refractivity contribution in [2.24, 2.45) is 5.92 Å². The second kappa shape index (κ2) is 2.70. The quantitative estimate of drug-likeness (QED) is 0.589. The van der Waals surface area contributed by atoms with Gasteiger partial charge in [0.05, 0.1) is 0 Å². The van der Waals surface area contributed by atoms with E-state index in [4.69, 9.17) is 0 Å². The van der Waals surface area contributed by atoms with E-state index < -0.39 is 0 Å². The van der Waals surface area contributed by atoms with Gasteiger partial charge in [0.25, 0.3) is 0 Å². The summed E-state index contributed by atoms with van der Waals surface area (Å²) in [4.78, 5) is 0. The molecule has 2 rings (SSSR count). The minimum Gasteiger partial charge on any atom is -0.325 e. The highest BCUT2D eigenvalue weighted by Gasteiger charge is 2.29. The van der Waals surface area contributed by atoms with Crippen LogP contribution in [0, 0.1) is 5.92 Å². The zero-order valence-corrected chi connectivity index (χ0v) is 6.80. The molecule has 0 aromatic rings. The van der Waals surface area contributed by atoms with Crippen molar-refractivity contribution in [3.63, 3.8) is 0 Å². The Hall–Kier alpha value is -0.760. The van der Waals surface area contributed by atoms with Gasteiger partial charge in [-0.15, -0.1) is 0 Å². The third-order valence-electron chi connectivity index (χ3n) is 2.53. The molecule has 2 unspecified atom stereocenters. The van der Waals surface area contributed by atoms with Crippen LogP contribution in [0.2, 0.25) is 0 Å². The van der Waals surface area contributed by atoms with Crippen molar-refractivity contribution in [3.8, 4) is 0 Å². The minimum atomic E-state index is 0.631. The summed E-state index contributed by atoms with van der Waals surface area (Å²) >= 11 is 0. The Kier molecular flexibility index (Phi) is 1.70. The molecule has 0 radical (unpaired) electrons. The van der Waals surface area contributed by atoms with Gasteiger partial charge < -0.3 is 5.43 Å². The first-order valence-corrected chi connectivity index (χ1v) is 4.30. The van der Waals surface area contributed by atoms with Crippen LogP contribution in [0.3, 0.4) is 0 Å². The Bertz CT molecular complexity index is 206. The number of fused-ring (bicyclic) bond motifs is 1. The fourth-order valence-electron chi connectivity index (χ4n) is 1.83. The summed E-state index contributed by atoms with van der Waals surface area (Å²) < 4.78 is 0. The number of allylic oxidation sites excluding steroid dienone is 3. The lowest BCUT2D eigenvalue weighted by Crippen LogP contribution is -2.30. The van der Waals surface area contributed by atoms with Gasteiger partial charge in [0.2, 0.25) is 0 Å². The topological polar surface area (TPSA) is 24.1 Å². The van der Waals surface area contributed by atoms with E-state index in [0.717, 1.165) is 0 Å². The highest BCUT2D eigenvalue weighted by atomic mass is 15.4. The van der Waals surface area contributed by atoms with Gasteiger partial charge in [0.1, 0.15) is 0 Å². The molecule has 1 fully saturated rings. The van der Waals surface area contributed by atoms with E-state index in [2.05, 4.69) is 36.0 Å². The Morgan fingerprint density at radius 1 is 1.64 bits per heavy atom. The van der Waals surface area contributed by atoms with Gasteiger partial charge >= 0.3 is 0 Å². The molecule has 2 nitrogen and oxygen atoms in total. The first-order chi connectivity index (χ1) is 5.42. The van der Waals surface area contributed by atoms with Crippen molar-refractivity contribution >= 4 is 0 Å². The standard InChI is InChI=1S/C9H14N2/c1-2-8-7-5-3-4-6-9(7)11-10-8/h3-4,6-8,10-11H,2,5H2,1H3. The minimum absolute atomic E-state index is 0.631. The maximum Gasteiger partial charge on any atom is 0.0344 e. The zero-order valence-electron chi connectivity index (χ0n) is 6.80. The third kappa shape index (κ3) is 1.07. The van der Waals surface area contributed by atoms with Crippen LogP contribution < -0.4 is 10.9 Å². The summed E-state index contributed by atoms with van der Waals surface area (Å²) in [6.07, 6.45) is 8.91. The molecule has 0 saturated carbocycles. The van der Waals surface area contributed by atoms with E-state index in [-0.39, 0.29) is 0 Å². The van der Waals surface area contributed by atoms with Crippen LogP contribution in [0.4, 0.5) is 0 Å². The Labute approximate surface area is 67.3 Å². The summed E-state index contributed by atoms with van der Waals surface area (Å²) in [6, 6.07) is 0.631. The second-order valence-electron chi connectivity index (χ2n) is 3.18. The number of rotatable bonds is 1. The Balaban J connectivity index is 2.15. The molecule has 1 heterocycles. The van der Waals surface area contributed by atoms with Crippen molar-refractivity contribution < 1.29 is 0 Å². The molecule has 11 heavy (non-hydrogen) atoms. The average molecular weight is 150 g/mol. The smallest absolute Gasteiger partial charge is 0.0344 e. The molecule has 1 aliphatic carbocycles. The van der Waals surface area contributed by atoms with Crippen LogP contribution in [-0.2, 0) is 0 Å². The van der Waals surface area contributed by atoms with E-state index in [1.165, 1.54) is 18.5 Å². The van der Waals surface area contributed by atoms with Gasteiger partial charge in [-0.3, -0.25) is 0 Å². The summed E-state index contributed by atoms with van der Waals surface area (Å²) in [5.74, 6) is 0.699.